The van der Waals surface area contributed by atoms with Gasteiger partial charge in [-0.05, 0) is 31.0 Å². The lowest BCUT2D eigenvalue weighted by atomic mass is 10.2. The highest BCUT2D eigenvalue weighted by molar-refractivity contribution is 5.28. The molecule has 5 nitrogen and oxygen atoms in total. The Bertz CT molecular complexity index is 540. The van der Waals surface area contributed by atoms with Crippen LogP contribution in [0.5, 0.6) is 5.75 Å². The van der Waals surface area contributed by atoms with Crippen molar-refractivity contribution in [2.45, 2.75) is 19.9 Å². The zero-order valence-corrected chi connectivity index (χ0v) is 12.7. The third-order valence-corrected chi connectivity index (χ3v) is 3.11. The SMILES string of the molecule is COCCCNc1nccn1CCOc1cccc(C)c1. The van der Waals surface area contributed by atoms with Crippen molar-refractivity contribution in [1.29, 1.82) is 0 Å². The first-order valence-electron chi connectivity index (χ1n) is 7.23. The maximum atomic E-state index is 5.76. The first-order valence-corrected chi connectivity index (χ1v) is 7.23. The van der Waals surface area contributed by atoms with Crippen molar-refractivity contribution in [2.24, 2.45) is 0 Å². The van der Waals surface area contributed by atoms with Gasteiger partial charge in [-0.1, -0.05) is 12.1 Å². The average molecular weight is 289 g/mol. The van der Waals surface area contributed by atoms with Crippen molar-refractivity contribution in [3.8, 4) is 5.75 Å². The fourth-order valence-electron chi connectivity index (χ4n) is 2.04. The molecule has 0 saturated heterocycles. The van der Waals surface area contributed by atoms with Crippen molar-refractivity contribution in [1.82, 2.24) is 9.55 Å². The molecule has 0 unspecified atom stereocenters. The molecule has 0 atom stereocenters. The summed E-state index contributed by atoms with van der Waals surface area (Å²) >= 11 is 0. The molecule has 1 heterocycles. The topological polar surface area (TPSA) is 48.3 Å². The molecular weight excluding hydrogens is 266 g/mol. The fraction of sp³-hybridized carbons (Fsp3) is 0.438. The molecule has 0 saturated carbocycles. The molecule has 1 aromatic carbocycles. The van der Waals surface area contributed by atoms with Crippen molar-refractivity contribution < 1.29 is 9.47 Å². The summed E-state index contributed by atoms with van der Waals surface area (Å²) in [5, 5.41) is 3.30. The zero-order chi connectivity index (χ0) is 14.9. The fourth-order valence-corrected chi connectivity index (χ4v) is 2.04. The number of anilines is 1. The quantitative estimate of drug-likeness (QED) is 0.721. The van der Waals surface area contributed by atoms with Crippen molar-refractivity contribution in [2.75, 3.05) is 32.2 Å². The van der Waals surface area contributed by atoms with E-state index in [2.05, 4.69) is 27.9 Å². The number of aryl methyl sites for hydroxylation is 1. The minimum atomic E-state index is 0.618. The van der Waals surface area contributed by atoms with E-state index >= 15 is 0 Å². The number of ether oxygens (including phenoxy) is 2. The molecular formula is C16H23N3O2. The normalized spacial score (nSPS) is 10.6. The van der Waals surface area contributed by atoms with Gasteiger partial charge < -0.3 is 19.4 Å². The summed E-state index contributed by atoms with van der Waals surface area (Å²) in [7, 11) is 1.71. The highest BCUT2D eigenvalue weighted by Gasteiger charge is 2.02. The number of nitrogens with one attached hydrogen (secondary N) is 1. The molecule has 5 heteroatoms. The van der Waals surface area contributed by atoms with Crippen LogP contribution in [-0.2, 0) is 11.3 Å². The van der Waals surface area contributed by atoms with Crippen LogP contribution in [0.3, 0.4) is 0 Å². The lowest BCUT2D eigenvalue weighted by molar-refractivity contribution is 0.197. The first kappa shape index (κ1) is 15.4. The molecule has 2 aromatic rings. The first-order chi connectivity index (χ1) is 10.3. The minimum absolute atomic E-state index is 0.618. The number of rotatable bonds is 9. The van der Waals surface area contributed by atoms with Crippen LogP contribution in [0.4, 0.5) is 5.95 Å². The lowest BCUT2D eigenvalue weighted by Crippen LogP contribution is -2.13. The number of methoxy groups -OCH3 is 1. The van der Waals surface area contributed by atoms with Crippen LogP contribution < -0.4 is 10.1 Å². The predicted octanol–water partition coefficient (Wildman–Crippen LogP) is 2.72. The number of benzene rings is 1. The van der Waals surface area contributed by atoms with E-state index in [1.54, 1.807) is 13.3 Å². The van der Waals surface area contributed by atoms with Gasteiger partial charge >= 0.3 is 0 Å². The average Bonchev–Trinajstić information content (AvgIpc) is 2.91. The highest BCUT2D eigenvalue weighted by Crippen LogP contribution is 2.12. The molecule has 0 fully saturated rings. The van der Waals surface area contributed by atoms with Gasteiger partial charge in [-0.3, -0.25) is 0 Å². The van der Waals surface area contributed by atoms with Gasteiger partial charge in [0.15, 0.2) is 0 Å². The van der Waals surface area contributed by atoms with Crippen molar-refractivity contribution in [3.05, 3.63) is 42.2 Å². The Labute approximate surface area is 125 Å². The standard InChI is InChI=1S/C16H23N3O2/c1-14-5-3-6-15(13-14)21-12-10-19-9-8-18-16(19)17-7-4-11-20-2/h3,5-6,8-9,13H,4,7,10-12H2,1-2H3,(H,17,18). The van der Waals surface area contributed by atoms with Crippen LogP contribution in [0.2, 0.25) is 0 Å². The highest BCUT2D eigenvalue weighted by atomic mass is 16.5. The largest absolute Gasteiger partial charge is 0.492 e. The molecule has 21 heavy (non-hydrogen) atoms. The summed E-state index contributed by atoms with van der Waals surface area (Å²) in [4.78, 5) is 4.31. The lowest BCUT2D eigenvalue weighted by Gasteiger charge is -2.11. The summed E-state index contributed by atoms with van der Waals surface area (Å²) in [6, 6.07) is 8.08. The van der Waals surface area contributed by atoms with Crippen molar-refractivity contribution in [3.63, 3.8) is 0 Å². The summed E-state index contributed by atoms with van der Waals surface area (Å²) < 4.78 is 12.8. The van der Waals surface area contributed by atoms with E-state index in [4.69, 9.17) is 9.47 Å². The van der Waals surface area contributed by atoms with Gasteiger partial charge in [0.05, 0.1) is 6.54 Å². The summed E-state index contributed by atoms with van der Waals surface area (Å²) in [5.41, 5.74) is 1.20. The Balaban J connectivity index is 1.77. The van der Waals surface area contributed by atoms with E-state index in [1.807, 2.05) is 24.4 Å². The van der Waals surface area contributed by atoms with Gasteiger partial charge in [0.25, 0.3) is 0 Å². The van der Waals surface area contributed by atoms with Crippen LogP contribution in [0.1, 0.15) is 12.0 Å². The van der Waals surface area contributed by atoms with Gasteiger partial charge in [0.2, 0.25) is 5.95 Å². The van der Waals surface area contributed by atoms with E-state index in [0.717, 1.165) is 37.8 Å². The van der Waals surface area contributed by atoms with Gasteiger partial charge in [-0.25, -0.2) is 4.98 Å². The molecule has 2 rings (SSSR count). The van der Waals surface area contributed by atoms with Crippen LogP contribution in [0.25, 0.3) is 0 Å². The molecule has 0 bridgehead atoms. The Morgan fingerprint density at radius 2 is 2.19 bits per heavy atom. The van der Waals surface area contributed by atoms with Crippen LogP contribution in [0, 0.1) is 6.92 Å². The Kier molecular flexibility index (Phi) is 6.09. The molecule has 0 radical (unpaired) electrons. The molecule has 0 amide bonds. The van der Waals surface area contributed by atoms with Crippen LogP contribution in [-0.4, -0.2) is 36.4 Å². The second kappa shape index (κ2) is 8.32. The third-order valence-electron chi connectivity index (χ3n) is 3.11. The Morgan fingerprint density at radius 3 is 3.00 bits per heavy atom. The summed E-state index contributed by atoms with van der Waals surface area (Å²) in [5.74, 6) is 1.78. The smallest absolute Gasteiger partial charge is 0.202 e. The van der Waals surface area contributed by atoms with E-state index in [1.165, 1.54) is 5.56 Å². The van der Waals surface area contributed by atoms with Gasteiger partial charge in [0.1, 0.15) is 12.4 Å². The maximum Gasteiger partial charge on any atom is 0.202 e. The van der Waals surface area contributed by atoms with Gasteiger partial charge in [0, 0.05) is 32.7 Å². The van der Waals surface area contributed by atoms with E-state index < -0.39 is 0 Å². The second-order valence-corrected chi connectivity index (χ2v) is 4.88. The number of aromatic nitrogens is 2. The Morgan fingerprint density at radius 1 is 1.29 bits per heavy atom. The molecule has 0 aliphatic rings. The molecule has 0 aliphatic carbocycles. The number of nitrogens with zero attached hydrogens (tertiary/aromatic N) is 2. The van der Waals surface area contributed by atoms with E-state index in [0.29, 0.717) is 6.61 Å². The van der Waals surface area contributed by atoms with Crippen molar-refractivity contribution >= 4 is 5.95 Å². The van der Waals surface area contributed by atoms with Crippen LogP contribution in [0.15, 0.2) is 36.7 Å². The van der Waals surface area contributed by atoms with E-state index in [-0.39, 0.29) is 0 Å². The minimum Gasteiger partial charge on any atom is -0.492 e. The van der Waals surface area contributed by atoms with Gasteiger partial charge in [-0.2, -0.15) is 0 Å². The van der Waals surface area contributed by atoms with Crippen LogP contribution >= 0.6 is 0 Å². The molecule has 1 aromatic heterocycles. The summed E-state index contributed by atoms with van der Waals surface area (Å²) in [6.07, 6.45) is 4.72. The number of imidazole rings is 1. The number of hydrogen-bond donors (Lipinski definition) is 1. The molecule has 1 N–H and O–H groups in total. The molecule has 114 valence electrons. The summed E-state index contributed by atoms with van der Waals surface area (Å²) in [6.45, 7) is 5.05. The monoisotopic (exact) mass is 289 g/mol. The maximum absolute atomic E-state index is 5.76. The van der Waals surface area contributed by atoms with Gasteiger partial charge in [-0.15, -0.1) is 0 Å². The molecule has 0 spiro atoms. The predicted molar refractivity (Wildman–Crippen MR) is 83.9 cm³/mol. The zero-order valence-electron chi connectivity index (χ0n) is 12.7. The van der Waals surface area contributed by atoms with E-state index in [9.17, 15) is 0 Å². The number of hydrogen-bond acceptors (Lipinski definition) is 4. The third kappa shape index (κ3) is 5.11. The molecule has 0 aliphatic heterocycles. The second-order valence-electron chi connectivity index (χ2n) is 4.88. The Hall–Kier alpha value is -2.01.